The fourth-order valence-corrected chi connectivity index (χ4v) is 1.19. The van der Waals surface area contributed by atoms with Crippen LogP contribution in [0.5, 0.6) is 0 Å². The van der Waals surface area contributed by atoms with Gasteiger partial charge in [-0.3, -0.25) is 0 Å². The summed E-state index contributed by atoms with van der Waals surface area (Å²) in [4.78, 5) is 7.95. The van der Waals surface area contributed by atoms with Gasteiger partial charge in [-0.15, -0.1) is 0 Å². The second kappa shape index (κ2) is 8.13. The monoisotopic (exact) mass is 228 g/mol. The van der Waals surface area contributed by atoms with Crippen molar-refractivity contribution in [2.75, 3.05) is 27.4 Å². The number of guanidine groups is 1. The van der Waals surface area contributed by atoms with Crippen LogP contribution >= 0.6 is 0 Å². The van der Waals surface area contributed by atoms with Gasteiger partial charge in [0.2, 0.25) is 5.96 Å². The van der Waals surface area contributed by atoms with Gasteiger partial charge in [-0.1, -0.05) is 6.08 Å². The average molecular weight is 228 g/mol. The number of rotatable bonds is 5. The van der Waals surface area contributed by atoms with Crippen LogP contribution in [0.25, 0.3) is 0 Å². The molecule has 0 rings (SSSR count). The summed E-state index contributed by atoms with van der Waals surface area (Å²) in [6, 6.07) is 0.171. The van der Waals surface area contributed by atoms with Gasteiger partial charge in [0.15, 0.2) is 0 Å². The molecule has 1 unspecified atom stereocenters. The fourth-order valence-electron chi connectivity index (χ4n) is 1.19. The lowest BCUT2D eigenvalue weighted by Gasteiger charge is -2.27. The molecule has 1 atom stereocenters. The lowest BCUT2D eigenvalue weighted by atomic mass is 10.2. The minimum Gasteiger partial charge on any atom is -0.376 e. The summed E-state index contributed by atoms with van der Waals surface area (Å²) in [6.07, 6.45) is 4.46. The highest BCUT2D eigenvalue weighted by Crippen LogP contribution is 1.98. The summed E-state index contributed by atoms with van der Waals surface area (Å²) < 4.78 is 0. The summed E-state index contributed by atoms with van der Waals surface area (Å²) >= 11 is 0. The van der Waals surface area contributed by atoms with Gasteiger partial charge in [-0.05, 0) is 20.3 Å². The van der Waals surface area contributed by atoms with E-state index in [9.17, 15) is 0 Å². The molecule has 0 aliphatic carbocycles. The minimum atomic E-state index is -0.0566. The zero-order valence-electron chi connectivity index (χ0n) is 10.7. The summed E-state index contributed by atoms with van der Waals surface area (Å²) in [5.74, 6) is 0.737. The van der Waals surface area contributed by atoms with Crippen LogP contribution in [0.3, 0.4) is 0 Å². The Hall–Kier alpha value is -1.07. The van der Waals surface area contributed by atoms with E-state index in [0.717, 1.165) is 18.9 Å². The molecule has 0 amide bonds. The fraction of sp³-hybridized carbons (Fsp3) is 0.727. The van der Waals surface area contributed by atoms with Crippen molar-refractivity contribution in [3.8, 4) is 0 Å². The maximum absolute atomic E-state index is 9.10. The highest BCUT2D eigenvalue weighted by atomic mass is 16.3. The standard InChI is InChI=1S/C11H24N4O/c1-5-7-13-11(15(4)9-16)14(3)8-6-10(2)12/h5,7,10,16H,6,8-9,12H2,1-4H3/b7-5+,13-11-. The Kier molecular flexibility index (Phi) is 7.58. The van der Waals surface area contributed by atoms with Gasteiger partial charge in [0, 0.05) is 32.9 Å². The van der Waals surface area contributed by atoms with E-state index in [-0.39, 0.29) is 12.8 Å². The zero-order valence-corrected chi connectivity index (χ0v) is 10.7. The lowest BCUT2D eigenvalue weighted by Crippen LogP contribution is -2.42. The maximum atomic E-state index is 9.10. The topological polar surface area (TPSA) is 65.1 Å². The van der Waals surface area contributed by atoms with Gasteiger partial charge in [0.25, 0.3) is 0 Å². The van der Waals surface area contributed by atoms with Crippen LogP contribution in [0, 0.1) is 0 Å². The molecule has 0 heterocycles. The van der Waals surface area contributed by atoms with Crippen LogP contribution < -0.4 is 5.73 Å². The Bertz CT molecular complexity index is 238. The first-order valence-corrected chi connectivity index (χ1v) is 5.50. The van der Waals surface area contributed by atoms with E-state index in [1.807, 2.05) is 31.9 Å². The third kappa shape index (κ3) is 5.72. The highest BCUT2D eigenvalue weighted by molar-refractivity contribution is 5.80. The van der Waals surface area contributed by atoms with Crippen LogP contribution in [-0.2, 0) is 0 Å². The summed E-state index contributed by atoms with van der Waals surface area (Å²) in [5, 5.41) is 9.10. The molecule has 0 bridgehead atoms. The van der Waals surface area contributed by atoms with Crippen molar-refractivity contribution in [2.45, 2.75) is 26.3 Å². The molecular weight excluding hydrogens is 204 g/mol. The number of allylic oxidation sites excluding steroid dienone is 1. The highest BCUT2D eigenvalue weighted by Gasteiger charge is 2.10. The molecule has 0 aromatic heterocycles. The van der Waals surface area contributed by atoms with Gasteiger partial charge < -0.3 is 20.6 Å². The number of nitrogens with two attached hydrogens (primary N) is 1. The predicted molar refractivity (Wildman–Crippen MR) is 68.0 cm³/mol. The lowest BCUT2D eigenvalue weighted by molar-refractivity contribution is 0.177. The van der Waals surface area contributed by atoms with Gasteiger partial charge in [-0.25, -0.2) is 4.99 Å². The molecule has 0 aliphatic heterocycles. The number of aliphatic imine (C=N–C) groups is 1. The molecule has 3 N–H and O–H groups in total. The van der Waals surface area contributed by atoms with E-state index in [0.29, 0.717) is 0 Å². The maximum Gasteiger partial charge on any atom is 0.202 e. The second-order valence-corrected chi connectivity index (χ2v) is 3.94. The largest absolute Gasteiger partial charge is 0.376 e. The van der Waals surface area contributed by atoms with E-state index in [1.54, 1.807) is 18.1 Å². The number of nitrogens with zero attached hydrogens (tertiary/aromatic N) is 3. The van der Waals surface area contributed by atoms with Crippen LogP contribution in [0.4, 0.5) is 0 Å². The molecule has 0 spiro atoms. The Morgan fingerprint density at radius 3 is 2.50 bits per heavy atom. The van der Waals surface area contributed by atoms with E-state index >= 15 is 0 Å². The summed E-state index contributed by atoms with van der Waals surface area (Å²) in [5.41, 5.74) is 5.71. The number of hydrogen-bond acceptors (Lipinski definition) is 3. The van der Waals surface area contributed by atoms with Gasteiger partial charge in [0.05, 0.1) is 0 Å². The van der Waals surface area contributed by atoms with Crippen molar-refractivity contribution in [2.24, 2.45) is 10.7 Å². The van der Waals surface area contributed by atoms with Crippen molar-refractivity contribution in [1.82, 2.24) is 9.80 Å². The van der Waals surface area contributed by atoms with Crippen LogP contribution in [0.2, 0.25) is 0 Å². The van der Waals surface area contributed by atoms with Gasteiger partial charge >= 0.3 is 0 Å². The van der Waals surface area contributed by atoms with Crippen molar-refractivity contribution in [3.63, 3.8) is 0 Å². The van der Waals surface area contributed by atoms with Crippen molar-refractivity contribution in [1.29, 1.82) is 0 Å². The molecule has 0 aliphatic rings. The molecule has 0 aromatic carbocycles. The normalized spacial score (nSPS) is 14.2. The molecular formula is C11H24N4O. The van der Waals surface area contributed by atoms with Crippen molar-refractivity contribution >= 4 is 5.96 Å². The Labute approximate surface area is 98.2 Å². The molecule has 0 saturated heterocycles. The van der Waals surface area contributed by atoms with Crippen LogP contribution in [0.1, 0.15) is 20.3 Å². The molecule has 5 nitrogen and oxygen atoms in total. The Balaban J connectivity index is 4.50. The van der Waals surface area contributed by atoms with E-state index in [2.05, 4.69) is 4.99 Å². The van der Waals surface area contributed by atoms with Crippen LogP contribution in [-0.4, -0.2) is 54.3 Å². The van der Waals surface area contributed by atoms with Gasteiger partial charge in [-0.2, -0.15) is 0 Å². The molecule has 16 heavy (non-hydrogen) atoms. The molecule has 0 saturated carbocycles. The average Bonchev–Trinajstić information content (AvgIpc) is 2.26. The van der Waals surface area contributed by atoms with E-state index in [4.69, 9.17) is 10.8 Å². The minimum absolute atomic E-state index is 0.0566. The number of hydrogen-bond donors (Lipinski definition) is 2. The number of aliphatic hydroxyl groups excluding tert-OH is 1. The third-order valence-electron chi connectivity index (χ3n) is 2.15. The summed E-state index contributed by atoms with van der Waals surface area (Å²) in [6.45, 7) is 4.64. The van der Waals surface area contributed by atoms with Crippen LogP contribution in [0.15, 0.2) is 17.3 Å². The molecule has 5 heteroatoms. The molecule has 0 aromatic rings. The Morgan fingerprint density at radius 1 is 1.44 bits per heavy atom. The molecule has 94 valence electrons. The summed E-state index contributed by atoms with van der Waals surface area (Å²) in [7, 11) is 3.74. The number of aliphatic hydroxyl groups is 1. The molecule has 0 fully saturated rings. The first-order chi connectivity index (χ1) is 7.52. The first-order valence-electron chi connectivity index (χ1n) is 5.50. The van der Waals surface area contributed by atoms with E-state index < -0.39 is 0 Å². The smallest absolute Gasteiger partial charge is 0.202 e. The molecule has 0 radical (unpaired) electrons. The third-order valence-corrected chi connectivity index (χ3v) is 2.15. The zero-order chi connectivity index (χ0) is 12.6. The van der Waals surface area contributed by atoms with E-state index in [1.165, 1.54) is 0 Å². The SMILES string of the molecule is C/C=C/N=C(\N(C)CO)N(C)CCC(C)N. The predicted octanol–water partition coefficient (Wildman–Crippen LogP) is 0.427. The van der Waals surface area contributed by atoms with Crippen molar-refractivity contribution < 1.29 is 5.11 Å². The first kappa shape index (κ1) is 14.9. The van der Waals surface area contributed by atoms with Crippen molar-refractivity contribution in [3.05, 3.63) is 12.3 Å². The second-order valence-electron chi connectivity index (χ2n) is 3.94. The quantitative estimate of drug-likeness (QED) is 0.407. The Morgan fingerprint density at radius 2 is 2.06 bits per heavy atom. The van der Waals surface area contributed by atoms with Gasteiger partial charge in [0.1, 0.15) is 6.73 Å².